The second kappa shape index (κ2) is 5.82. The molecule has 0 atom stereocenters. The fraction of sp³-hybridized carbons (Fsp3) is 0.0769. The van der Waals surface area contributed by atoms with Crippen LogP contribution in [0.25, 0.3) is 0 Å². The number of aryl methyl sites for hydroxylation is 1. The Labute approximate surface area is 135 Å². The number of sulfonamides is 1. The van der Waals surface area contributed by atoms with E-state index >= 15 is 0 Å². The summed E-state index contributed by atoms with van der Waals surface area (Å²) >= 11 is 8.81. The van der Waals surface area contributed by atoms with Crippen molar-refractivity contribution in [1.82, 2.24) is 0 Å². The number of halogens is 3. The van der Waals surface area contributed by atoms with Gasteiger partial charge in [-0.3, -0.25) is 4.72 Å². The van der Waals surface area contributed by atoms with Gasteiger partial charge in [0.05, 0.1) is 15.8 Å². The van der Waals surface area contributed by atoms with Gasteiger partial charge in [-0.05, 0) is 58.7 Å². The average Bonchev–Trinajstić information content (AvgIpc) is 2.38. The first-order chi connectivity index (χ1) is 9.70. The normalized spacial score (nSPS) is 11.4. The fourth-order valence-corrected chi connectivity index (χ4v) is 3.56. The predicted octanol–water partition coefficient (Wildman–Crippen LogP) is 3.93. The summed E-state index contributed by atoms with van der Waals surface area (Å²) in [6.45, 7) is 1.59. The molecule has 0 aliphatic rings. The van der Waals surface area contributed by atoms with Gasteiger partial charge < -0.3 is 5.73 Å². The summed E-state index contributed by atoms with van der Waals surface area (Å²) in [5.74, 6) is -0.474. The minimum atomic E-state index is -3.92. The van der Waals surface area contributed by atoms with E-state index in [0.29, 0.717) is 5.56 Å². The van der Waals surface area contributed by atoms with Crippen molar-refractivity contribution in [2.45, 2.75) is 11.8 Å². The third-order valence-electron chi connectivity index (χ3n) is 2.78. The molecule has 4 nitrogen and oxygen atoms in total. The van der Waals surface area contributed by atoms with Gasteiger partial charge in [-0.1, -0.05) is 11.6 Å². The van der Waals surface area contributed by atoms with E-state index in [1.807, 2.05) is 0 Å². The second-order valence-corrected chi connectivity index (χ2v) is 7.31. The molecule has 0 saturated heterocycles. The fourth-order valence-electron chi connectivity index (χ4n) is 1.70. The lowest BCUT2D eigenvalue weighted by Gasteiger charge is -2.13. The van der Waals surface area contributed by atoms with Crippen molar-refractivity contribution in [3.8, 4) is 0 Å². The molecule has 0 fully saturated rings. The highest BCUT2D eigenvalue weighted by atomic mass is 79.9. The number of nitrogens with one attached hydrogen (secondary N) is 1. The molecule has 112 valence electrons. The molecule has 0 aliphatic carbocycles. The van der Waals surface area contributed by atoms with E-state index in [1.165, 1.54) is 30.3 Å². The molecular weight excluding hydrogens is 383 g/mol. The van der Waals surface area contributed by atoms with E-state index in [9.17, 15) is 12.8 Å². The molecule has 0 amide bonds. The standard InChI is InChI=1S/C13H11BrClFN2O2S/c1-7-4-10(16)9(14)6-12(7)18-21(19,20)13-5-8(15)2-3-11(13)17/h2-6,18H,17H2,1H3. The van der Waals surface area contributed by atoms with Crippen LogP contribution in [0.5, 0.6) is 0 Å². The van der Waals surface area contributed by atoms with Crippen LogP contribution >= 0.6 is 27.5 Å². The second-order valence-electron chi connectivity index (χ2n) is 4.37. The van der Waals surface area contributed by atoms with Gasteiger partial charge in [-0.25, -0.2) is 12.8 Å². The zero-order valence-corrected chi connectivity index (χ0v) is 14.0. The van der Waals surface area contributed by atoms with E-state index in [0.717, 1.165) is 0 Å². The molecule has 2 aromatic rings. The van der Waals surface area contributed by atoms with E-state index in [-0.39, 0.29) is 25.8 Å². The van der Waals surface area contributed by atoms with Crippen molar-refractivity contribution in [3.63, 3.8) is 0 Å². The molecule has 8 heteroatoms. The lowest BCUT2D eigenvalue weighted by atomic mass is 10.2. The summed E-state index contributed by atoms with van der Waals surface area (Å²) in [5, 5.41) is 0.251. The summed E-state index contributed by atoms with van der Waals surface area (Å²) in [6, 6.07) is 6.74. The first kappa shape index (κ1) is 16.1. The highest BCUT2D eigenvalue weighted by Gasteiger charge is 2.19. The van der Waals surface area contributed by atoms with Crippen molar-refractivity contribution in [2.24, 2.45) is 0 Å². The van der Waals surface area contributed by atoms with Gasteiger partial charge in [0.2, 0.25) is 0 Å². The first-order valence-corrected chi connectivity index (χ1v) is 8.39. The van der Waals surface area contributed by atoms with Gasteiger partial charge in [0.15, 0.2) is 0 Å². The Morgan fingerprint density at radius 3 is 2.62 bits per heavy atom. The predicted molar refractivity (Wildman–Crippen MR) is 85.5 cm³/mol. The zero-order valence-electron chi connectivity index (χ0n) is 10.8. The first-order valence-electron chi connectivity index (χ1n) is 5.74. The number of hydrogen-bond acceptors (Lipinski definition) is 3. The molecule has 0 saturated carbocycles. The largest absolute Gasteiger partial charge is 0.398 e. The molecule has 0 radical (unpaired) electrons. The molecule has 0 heterocycles. The van der Waals surface area contributed by atoms with Crippen molar-refractivity contribution < 1.29 is 12.8 Å². The van der Waals surface area contributed by atoms with Crippen molar-refractivity contribution in [1.29, 1.82) is 0 Å². The molecular formula is C13H11BrClFN2O2S. The van der Waals surface area contributed by atoms with Crippen LogP contribution in [-0.4, -0.2) is 8.42 Å². The van der Waals surface area contributed by atoms with Crippen LogP contribution in [0, 0.1) is 12.7 Å². The maximum absolute atomic E-state index is 13.4. The number of nitrogens with two attached hydrogens (primary N) is 1. The van der Waals surface area contributed by atoms with Crippen molar-refractivity contribution >= 4 is 48.9 Å². The van der Waals surface area contributed by atoms with Gasteiger partial charge in [0.1, 0.15) is 10.7 Å². The highest BCUT2D eigenvalue weighted by Crippen LogP contribution is 2.29. The average molecular weight is 394 g/mol. The van der Waals surface area contributed by atoms with Crippen LogP contribution in [-0.2, 0) is 10.0 Å². The van der Waals surface area contributed by atoms with Crippen molar-refractivity contribution in [3.05, 3.63) is 51.2 Å². The molecule has 0 spiro atoms. The maximum atomic E-state index is 13.4. The van der Waals surface area contributed by atoms with Gasteiger partial charge >= 0.3 is 0 Å². The van der Waals surface area contributed by atoms with E-state index in [4.69, 9.17) is 17.3 Å². The van der Waals surface area contributed by atoms with Gasteiger partial charge in [0.25, 0.3) is 10.0 Å². The van der Waals surface area contributed by atoms with Gasteiger partial charge in [0, 0.05) is 5.02 Å². The Hall–Kier alpha value is -1.31. The topological polar surface area (TPSA) is 72.2 Å². The van der Waals surface area contributed by atoms with Gasteiger partial charge in [-0.15, -0.1) is 0 Å². The van der Waals surface area contributed by atoms with Crippen LogP contribution in [0.3, 0.4) is 0 Å². The summed E-state index contributed by atoms with van der Waals surface area (Å²) in [7, 11) is -3.92. The summed E-state index contributed by atoms with van der Waals surface area (Å²) in [4.78, 5) is -0.130. The van der Waals surface area contributed by atoms with Gasteiger partial charge in [-0.2, -0.15) is 0 Å². The Kier molecular flexibility index (Phi) is 4.46. The molecule has 0 aromatic heterocycles. The lowest BCUT2D eigenvalue weighted by Crippen LogP contribution is -2.15. The number of rotatable bonds is 3. The van der Waals surface area contributed by atoms with Crippen LogP contribution in [0.4, 0.5) is 15.8 Å². The third-order valence-corrected chi connectivity index (χ3v) is 5.04. The molecule has 21 heavy (non-hydrogen) atoms. The van der Waals surface area contributed by atoms with Crippen molar-refractivity contribution in [2.75, 3.05) is 10.5 Å². The van der Waals surface area contributed by atoms with Crippen LogP contribution in [0.2, 0.25) is 5.02 Å². The zero-order chi connectivity index (χ0) is 15.8. The number of hydrogen-bond donors (Lipinski definition) is 2. The smallest absolute Gasteiger partial charge is 0.264 e. The van der Waals surface area contributed by atoms with Crippen LogP contribution in [0.1, 0.15) is 5.56 Å². The minimum Gasteiger partial charge on any atom is -0.398 e. The number of anilines is 2. The lowest BCUT2D eigenvalue weighted by molar-refractivity contribution is 0.601. The Balaban J connectivity index is 2.47. The summed E-state index contributed by atoms with van der Waals surface area (Å²) in [6.07, 6.45) is 0. The Morgan fingerprint density at radius 1 is 1.29 bits per heavy atom. The van der Waals surface area contributed by atoms with Crippen LogP contribution in [0.15, 0.2) is 39.7 Å². The number of nitrogen functional groups attached to an aromatic ring is 1. The van der Waals surface area contributed by atoms with E-state index in [2.05, 4.69) is 20.7 Å². The van der Waals surface area contributed by atoms with E-state index < -0.39 is 15.8 Å². The Morgan fingerprint density at radius 2 is 1.95 bits per heavy atom. The molecule has 0 bridgehead atoms. The Bertz CT molecular complexity index is 812. The minimum absolute atomic E-state index is 0.0748. The summed E-state index contributed by atoms with van der Waals surface area (Å²) < 4.78 is 40.6. The molecule has 0 aliphatic heterocycles. The molecule has 2 rings (SSSR count). The quantitative estimate of drug-likeness (QED) is 0.776. The molecule has 3 N–H and O–H groups in total. The molecule has 2 aromatic carbocycles. The molecule has 0 unspecified atom stereocenters. The number of benzene rings is 2. The SMILES string of the molecule is Cc1cc(F)c(Br)cc1NS(=O)(=O)c1cc(Cl)ccc1N. The maximum Gasteiger partial charge on any atom is 0.264 e. The highest BCUT2D eigenvalue weighted by molar-refractivity contribution is 9.10. The summed E-state index contributed by atoms with van der Waals surface area (Å²) in [5.41, 5.74) is 6.45. The monoisotopic (exact) mass is 392 g/mol. The third kappa shape index (κ3) is 3.48. The van der Waals surface area contributed by atoms with E-state index in [1.54, 1.807) is 6.92 Å². The van der Waals surface area contributed by atoms with Crippen LogP contribution < -0.4 is 10.5 Å².